The molecular formula is C13H27NO2. The second kappa shape index (κ2) is 5.99. The highest BCUT2D eigenvalue weighted by molar-refractivity contribution is 4.84. The van der Waals surface area contributed by atoms with Gasteiger partial charge in [-0.2, -0.15) is 0 Å². The summed E-state index contributed by atoms with van der Waals surface area (Å²) in [5.41, 5.74) is 6.24. The number of rotatable bonds is 5. The van der Waals surface area contributed by atoms with E-state index in [1.165, 1.54) is 0 Å². The summed E-state index contributed by atoms with van der Waals surface area (Å²) in [7, 11) is 0. The zero-order valence-electron chi connectivity index (χ0n) is 11.2. The third-order valence-corrected chi connectivity index (χ3v) is 3.25. The minimum Gasteiger partial charge on any atom is -0.381 e. The van der Waals surface area contributed by atoms with Crippen LogP contribution in [0.1, 0.15) is 40.5 Å². The van der Waals surface area contributed by atoms with E-state index < -0.39 is 0 Å². The van der Waals surface area contributed by atoms with Crippen molar-refractivity contribution in [2.75, 3.05) is 19.8 Å². The summed E-state index contributed by atoms with van der Waals surface area (Å²) in [6.07, 6.45) is 2.22. The fourth-order valence-electron chi connectivity index (χ4n) is 2.18. The molecular weight excluding hydrogens is 202 g/mol. The molecule has 16 heavy (non-hydrogen) atoms. The Morgan fingerprint density at radius 2 is 2.12 bits per heavy atom. The molecule has 0 amide bonds. The zero-order chi connectivity index (χ0) is 12.2. The molecule has 0 bridgehead atoms. The monoisotopic (exact) mass is 229 g/mol. The summed E-state index contributed by atoms with van der Waals surface area (Å²) in [5, 5.41) is 0. The lowest BCUT2D eigenvalue weighted by Gasteiger charge is -2.35. The summed E-state index contributed by atoms with van der Waals surface area (Å²) < 4.78 is 11.4. The second-order valence-corrected chi connectivity index (χ2v) is 5.92. The average Bonchev–Trinajstić information content (AvgIpc) is 2.68. The fourth-order valence-corrected chi connectivity index (χ4v) is 2.18. The first-order valence-electron chi connectivity index (χ1n) is 6.40. The smallest absolute Gasteiger partial charge is 0.0774 e. The lowest BCUT2D eigenvalue weighted by Crippen LogP contribution is -2.45. The van der Waals surface area contributed by atoms with E-state index in [4.69, 9.17) is 15.2 Å². The Bertz CT molecular complexity index is 195. The second-order valence-electron chi connectivity index (χ2n) is 5.92. The number of hydrogen-bond acceptors (Lipinski definition) is 3. The quantitative estimate of drug-likeness (QED) is 0.786. The summed E-state index contributed by atoms with van der Waals surface area (Å²) in [4.78, 5) is 0. The van der Waals surface area contributed by atoms with Crippen LogP contribution in [0.4, 0.5) is 0 Å². The van der Waals surface area contributed by atoms with Crippen molar-refractivity contribution in [2.45, 2.75) is 52.7 Å². The van der Waals surface area contributed by atoms with Crippen LogP contribution in [0.5, 0.6) is 0 Å². The van der Waals surface area contributed by atoms with E-state index in [1.54, 1.807) is 0 Å². The molecule has 0 radical (unpaired) electrons. The molecule has 0 aliphatic carbocycles. The van der Waals surface area contributed by atoms with Crippen LogP contribution < -0.4 is 5.73 Å². The van der Waals surface area contributed by atoms with E-state index in [0.717, 1.165) is 32.7 Å². The largest absolute Gasteiger partial charge is 0.381 e. The van der Waals surface area contributed by atoms with Gasteiger partial charge in [-0.15, -0.1) is 0 Å². The Kier molecular flexibility index (Phi) is 5.22. The molecule has 0 aromatic heterocycles. The Morgan fingerprint density at radius 3 is 2.56 bits per heavy atom. The SMILES string of the molecule is CCC(N)C(OCC1CCOC1)C(C)(C)C. The van der Waals surface area contributed by atoms with Gasteiger partial charge in [-0.25, -0.2) is 0 Å². The van der Waals surface area contributed by atoms with Crippen LogP contribution in [0.2, 0.25) is 0 Å². The van der Waals surface area contributed by atoms with Crippen LogP contribution in [0.25, 0.3) is 0 Å². The lowest BCUT2D eigenvalue weighted by atomic mass is 9.84. The van der Waals surface area contributed by atoms with Crippen molar-refractivity contribution >= 4 is 0 Å². The molecule has 3 atom stereocenters. The Labute approximate surface area is 99.7 Å². The molecule has 0 aromatic carbocycles. The van der Waals surface area contributed by atoms with E-state index in [9.17, 15) is 0 Å². The zero-order valence-corrected chi connectivity index (χ0v) is 11.2. The van der Waals surface area contributed by atoms with Gasteiger partial charge >= 0.3 is 0 Å². The molecule has 1 fully saturated rings. The van der Waals surface area contributed by atoms with Crippen LogP contribution in [-0.2, 0) is 9.47 Å². The Morgan fingerprint density at radius 1 is 1.44 bits per heavy atom. The summed E-state index contributed by atoms with van der Waals surface area (Å²) in [6, 6.07) is 0.127. The topological polar surface area (TPSA) is 44.5 Å². The normalized spacial score (nSPS) is 25.7. The van der Waals surface area contributed by atoms with Gasteiger partial charge in [0.2, 0.25) is 0 Å². The fraction of sp³-hybridized carbons (Fsp3) is 1.00. The van der Waals surface area contributed by atoms with E-state index in [-0.39, 0.29) is 17.6 Å². The first kappa shape index (κ1) is 13.9. The van der Waals surface area contributed by atoms with Crippen molar-refractivity contribution in [3.63, 3.8) is 0 Å². The first-order chi connectivity index (χ1) is 7.45. The molecule has 1 saturated heterocycles. The van der Waals surface area contributed by atoms with E-state index >= 15 is 0 Å². The Hall–Kier alpha value is -0.120. The molecule has 1 heterocycles. The number of nitrogens with two attached hydrogens (primary N) is 1. The van der Waals surface area contributed by atoms with Gasteiger partial charge in [0.15, 0.2) is 0 Å². The van der Waals surface area contributed by atoms with Crippen LogP contribution in [0.3, 0.4) is 0 Å². The summed E-state index contributed by atoms with van der Waals surface area (Å²) in [6.45, 7) is 11.2. The minimum atomic E-state index is 0.106. The van der Waals surface area contributed by atoms with Gasteiger partial charge in [0, 0.05) is 18.6 Å². The van der Waals surface area contributed by atoms with E-state index in [2.05, 4.69) is 27.7 Å². The van der Waals surface area contributed by atoms with Gasteiger partial charge in [0.25, 0.3) is 0 Å². The van der Waals surface area contributed by atoms with Crippen LogP contribution >= 0.6 is 0 Å². The molecule has 3 nitrogen and oxygen atoms in total. The predicted molar refractivity (Wildman–Crippen MR) is 66.4 cm³/mol. The summed E-state index contributed by atoms with van der Waals surface area (Å²) in [5.74, 6) is 0.564. The standard InChI is InChI=1S/C13H27NO2/c1-5-11(14)12(13(2,3)4)16-9-10-6-7-15-8-10/h10-12H,5-9,14H2,1-4H3. The first-order valence-corrected chi connectivity index (χ1v) is 6.40. The molecule has 1 rings (SSSR count). The molecule has 2 N–H and O–H groups in total. The van der Waals surface area contributed by atoms with Gasteiger partial charge < -0.3 is 15.2 Å². The van der Waals surface area contributed by atoms with Gasteiger partial charge in [0.1, 0.15) is 0 Å². The Balaban J connectivity index is 2.43. The molecule has 1 aliphatic rings. The van der Waals surface area contributed by atoms with Gasteiger partial charge in [-0.3, -0.25) is 0 Å². The van der Waals surface area contributed by atoms with Gasteiger partial charge in [0.05, 0.1) is 19.3 Å². The van der Waals surface area contributed by atoms with Crippen LogP contribution in [0.15, 0.2) is 0 Å². The average molecular weight is 229 g/mol. The molecule has 1 aliphatic heterocycles. The van der Waals surface area contributed by atoms with Crippen LogP contribution in [0, 0.1) is 11.3 Å². The van der Waals surface area contributed by atoms with Crippen molar-refractivity contribution in [2.24, 2.45) is 17.1 Å². The third-order valence-electron chi connectivity index (χ3n) is 3.25. The van der Waals surface area contributed by atoms with Crippen molar-refractivity contribution in [3.05, 3.63) is 0 Å². The van der Waals surface area contributed by atoms with Crippen molar-refractivity contribution in [3.8, 4) is 0 Å². The maximum absolute atomic E-state index is 6.13. The van der Waals surface area contributed by atoms with Crippen molar-refractivity contribution in [1.82, 2.24) is 0 Å². The van der Waals surface area contributed by atoms with Crippen molar-refractivity contribution in [1.29, 1.82) is 0 Å². The van der Waals surface area contributed by atoms with Crippen LogP contribution in [-0.4, -0.2) is 32.0 Å². The predicted octanol–water partition coefficient (Wildman–Crippen LogP) is 2.19. The molecule has 0 spiro atoms. The lowest BCUT2D eigenvalue weighted by molar-refractivity contribution is -0.0489. The maximum atomic E-state index is 6.13. The third kappa shape index (κ3) is 4.04. The number of hydrogen-bond donors (Lipinski definition) is 1. The maximum Gasteiger partial charge on any atom is 0.0774 e. The number of ether oxygens (including phenoxy) is 2. The van der Waals surface area contributed by atoms with Gasteiger partial charge in [-0.05, 0) is 18.3 Å². The molecule has 3 heteroatoms. The van der Waals surface area contributed by atoms with Gasteiger partial charge in [-0.1, -0.05) is 27.7 Å². The highest BCUT2D eigenvalue weighted by atomic mass is 16.5. The van der Waals surface area contributed by atoms with E-state index in [0.29, 0.717) is 5.92 Å². The molecule has 0 saturated carbocycles. The van der Waals surface area contributed by atoms with E-state index in [1.807, 2.05) is 0 Å². The summed E-state index contributed by atoms with van der Waals surface area (Å²) >= 11 is 0. The molecule has 0 aromatic rings. The highest BCUT2D eigenvalue weighted by Crippen LogP contribution is 2.26. The molecule has 3 unspecified atom stereocenters. The van der Waals surface area contributed by atoms with Crippen molar-refractivity contribution < 1.29 is 9.47 Å². The highest BCUT2D eigenvalue weighted by Gasteiger charge is 2.31. The molecule has 96 valence electrons. The minimum absolute atomic E-state index is 0.106.